The van der Waals surface area contributed by atoms with Gasteiger partial charge in [-0.1, -0.05) is 6.07 Å². The van der Waals surface area contributed by atoms with Crippen molar-refractivity contribution in [2.24, 2.45) is 0 Å². The Morgan fingerprint density at radius 2 is 1.35 bits per heavy atom. The van der Waals surface area contributed by atoms with Gasteiger partial charge in [0.2, 0.25) is 5.75 Å². The number of rotatable bonds is 8. The number of anilines is 1. The van der Waals surface area contributed by atoms with E-state index < -0.39 is 35.5 Å². The lowest BCUT2D eigenvalue weighted by atomic mass is 9.80. The molecule has 0 N–H and O–H groups in total. The highest BCUT2D eigenvalue weighted by Crippen LogP contribution is 2.59. The van der Waals surface area contributed by atoms with Crippen molar-refractivity contribution in [1.82, 2.24) is 0 Å². The van der Waals surface area contributed by atoms with Crippen molar-refractivity contribution in [2.45, 2.75) is 32.7 Å². The van der Waals surface area contributed by atoms with Crippen molar-refractivity contribution in [1.29, 1.82) is 0 Å². The molecule has 0 saturated heterocycles. The SMILES string of the molecule is COc1cc(C2c3c(c(=O)oc4cc(OC(C)=O)c(OC)cc34)N3C=Cc4c(cc(OC)c(OC)c4OC(C)=O)C23)ccc1OC(C)=O. The first-order valence-electron chi connectivity index (χ1n) is 14.7. The molecule has 0 amide bonds. The molecule has 13 heteroatoms. The molecule has 3 aromatic carbocycles. The van der Waals surface area contributed by atoms with Gasteiger partial charge in [-0.25, -0.2) is 4.79 Å². The Morgan fingerprint density at radius 1 is 0.708 bits per heavy atom. The van der Waals surface area contributed by atoms with Gasteiger partial charge in [0.1, 0.15) is 11.3 Å². The minimum absolute atomic E-state index is 0.0772. The van der Waals surface area contributed by atoms with E-state index in [0.717, 1.165) is 0 Å². The van der Waals surface area contributed by atoms with Crippen molar-refractivity contribution in [3.05, 3.63) is 75.3 Å². The number of carbonyl (C=O) groups is 3. The van der Waals surface area contributed by atoms with Gasteiger partial charge in [-0.15, -0.1) is 0 Å². The van der Waals surface area contributed by atoms with Gasteiger partial charge in [0.25, 0.3) is 0 Å². The van der Waals surface area contributed by atoms with E-state index in [9.17, 15) is 19.2 Å². The fourth-order valence-electron chi connectivity index (χ4n) is 6.41. The monoisotopic (exact) mass is 657 g/mol. The smallest absolute Gasteiger partial charge is 0.360 e. The van der Waals surface area contributed by atoms with Crippen molar-refractivity contribution in [3.63, 3.8) is 0 Å². The van der Waals surface area contributed by atoms with Gasteiger partial charge >= 0.3 is 23.5 Å². The third-order valence-corrected chi connectivity index (χ3v) is 8.11. The van der Waals surface area contributed by atoms with Crippen LogP contribution in [0.15, 0.2) is 51.8 Å². The number of benzene rings is 3. The fourth-order valence-corrected chi connectivity index (χ4v) is 6.41. The Bertz CT molecular complexity index is 2100. The van der Waals surface area contributed by atoms with Crippen LogP contribution in [0.2, 0.25) is 0 Å². The first-order chi connectivity index (χ1) is 23.0. The normalized spacial score (nSPS) is 15.6. The van der Waals surface area contributed by atoms with Gasteiger partial charge in [0, 0.05) is 55.5 Å². The summed E-state index contributed by atoms with van der Waals surface area (Å²) in [5.41, 5.74) is 2.18. The quantitative estimate of drug-likeness (QED) is 0.138. The number of nitrogens with zero attached hydrogens (tertiary/aromatic N) is 1. The zero-order chi connectivity index (χ0) is 34.4. The molecule has 2 aliphatic heterocycles. The van der Waals surface area contributed by atoms with E-state index in [-0.39, 0.29) is 45.8 Å². The zero-order valence-corrected chi connectivity index (χ0v) is 27.1. The predicted octanol–water partition coefficient (Wildman–Crippen LogP) is 5.28. The molecule has 2 atom stereocenters. The minimum Gasteiger partial charge on any atom is -0.493 e. The Labute approximate surface area is 274 Å². The molecule has 2 unspecified atom stereocenters. The van der Waals surface area contributed by atoms with Crippen molar-refractivity contribution < 1.29 is 52.0 Å². The van der Waals surface area contributed by atoms with E-state index in [1.54, 1.807) is 47.5 Å². The predicted molar refractivity (Wildman–Crippen MR) is 172 cm³/mol. The van der Waals surface area contributed by atoms with Crippen LogP contribution in [-0.4, -0.2) is 46.3 Å². The van der Waals surface area contributed by atoms with Crippen LogP contribution in [0.25, 0.3) is 17.0 Å². The summed E-state index contributed by atoms with van der Waals surface area (Å²) in [6, 6.07) is 9.34. The molecule has 0 saturated carbocycles. The van der Waals surface area contributed by atoms with Crippen LogP contribution in [0.3, 0.4) is 0 Å². The topological polar surface area (TPSA) is 149 Å². The summed E-state index contributed by atoms with van der Waals surface area (Å²) in [6.45, 7) is 3.82. The molecule has 0 bridgehead atoms. The highest BCUT2D eigenvalue weighted by molar-refractivity contribution is 5.93. The van der Waals surface area contributed by atoms with Gasteiger partial charge in [-0.2, -0.15) is 0 Å². The van der Waals surface area contributed by atoms with E-state index in [1.165, 1.54) is 55.3 Å². The summed E-state index contributed by atoms with van der Waals surface area (Å²) in [7, 11) is 5.79. The van der Waals surface area contributed by atoms with Crippen LogP contribution in [-0.2, 0) is 14.4 Å². The molecule has 13 nitrogen and oxygen atoms in total. The van der Waals surface area contributed by atoms with E-state index in [2.05, 4.69) is 0 Å². The van der Waals surface area contributed by atoms with Crippen LogP contribution < -0.4 is 43.7 Å². The molecule has 4 aromatic rings. The van der Waals surface area contributed by atoms with Crippen LogP contribution in [0, 0.1) is 0 Å². The average molecular weight is 658 g/mol. The molecule has 3 heterocycles. The van der Waals surface area contributed by atoms with Crippen molar-refractivity contribution >= 4 is 40.6 Å². The number of methoxy groups -OCH3 is 4. The number of hydrogen-bond acceptors (Lipinski definition) is 13. The lowest BCUT2D eigenvalue weighted by molar-refractivity contribution is -0.132. The Morgan fingerprint density at radius 3 is 1.98 bits per heavy atom. The molecule has 0 radical (unpaired) electrons. The van der Waals surface area contributed by atoms with E-state index in [0.29, 0.717) is 33.4 Å². The molecule has 0 fully saturated rings. The largest absolute Gasteiger partial charge is 0.493 e. The molecular weight excluding hydrogens is 626 g/mol. The molecule has 48 heavy (non-hydrogen) atoms. The van der Waals surface area contributed by atoms with Gasteiger partial charge in [-0.3, -0.25) is 14.4 Å². The van der Waals surface area contributed by atoms with Crippen LogP contribution in [0.1, 0.15) is 55.0 Å². The third kappa shape index (κ3) is 5.22. The molecule has 0 aliphatic carbocycles. The number of carbonyl (C=O) groups excluding carboxylic acids is 3. The number of hydrogen-bond donors (Lipinski definition) is 0. The maximum Gasteiger partial charge on any atom is 0.360 e. The first-order valence-corrected chi connectivity index (χ1v) is 14.7. The molecule has 1 aromatic heterocycles. The first kappa shape index (κ1) is 32.0. The Balaban J connectivity index is 1.70. The van der Waals surface area contributed by atoms with E-state index in [4.69, 9.17) is 37.6 Å². The van der Waals surface area contributed by atoms with Crippen LogP contribution in [0.4, 0.5) is 5.69 Å². The second-order valence-corrected chi connectivity index (χ2v) is 10.9. The molecule has 6 rings (SSSR count). The second kappa shape index (κ2) is 12.3. The summed E-state index contributed by atoms with van der Waals surface area (Å²) < 4.78 is 44.7. The lowest BCUT2D eigenvalue weighted by Crippen LogP contribution is -2.28. The standard InChI is InChI=1S/C35H31NO12/c1-16(37)45-23-9-8-19(12-25(23)41-4)29-30-22-14-26(42-5)27(46-17(2)38)15-24(22)48-35(40)32(30)36-11-10-20-21(31(29)36)13-28(43-6)34(44-7)33(20)47-18(3)39/h8-15,29,31H,1-7H3. The summed E-state index contributed by atoms with van der Waals surface area (Å²) in [4.78, 5) is 51.7. The fraction of sp³-hybridized carbons (Fsp3) is 0.257. The molecule has 248 valence electrons. The number of ether oxygens (including phenoxy) is 7. The molecule has 2 aliphatic rings. The molecule has 0 spiro atoms. The van der Waals surface area contributed by atoms with Gasteiger partial charge in [0.05, 0.1) is 34.5 Å². The Kier molecular flexibility index (Phi) is 8.21. The summed E-state index contributed by atoms with van der Waals surface area (Å²) >= 11 is 0. The lowest BCUT2D eigenvalue weighted by Gasteiger charge is -2.33. The second-order valence-electron chi connectivity index (χ2n) is 10.9. The van der Waals surface area contributed by atoms with Crippen molar-refractivity contribution in [3.8, 4) is 40.2 Å². The van der Waals surface area contributed by atoms with Crippen LogP contribution in [0.5, 0.6) is 40.2 Å². The number of fused-ring (bicyclic) bond motifs is 7. The average Bonchev–Trinajstić information content (AvgIpc) is 3.40. The summed E-state index contributed by atoms with van der Waals surface area (Å²) in [5.74, 6) is -0.830. The summed E-state index contributed by atoms with van der Waals surface area (Å²) in [6.07, 6.45) is 3.43. The Hall–Kier alpha value is -5.98. The summed E-state index contributed by atoms with van der Waals surface area (Å²) in [5, 5.41) is 0.510. The van der Waals surface area contributed by atoms with E-state index in [1.807, 2.05) is 0 Å². The zero-order valence-electron chi connectivity index (χ0n) is 27.1. The molecular formula is C35H31NO12. The van der Waals surface area contributed by atoms with Crippen molar-refractivity contribution in [2.75, 3.05) is 33.3 Å². The van der Waals surface area contributed by atoms with E-state index >= 15 is 0 Å². The number of esters is 3. The van der Waals surface area contributed by atoms with Gasteiger partial charge in [0.15, 0.2) is 34.5 Å². The maximum absolute atomic E-state index is 13.9. The third-order valence-electron chi connectivity index (χ3n) is 8.11. The van der Waals surface area contributed by atoms with Crippen LogP contribution >= 0.6 is 0 Å². The highest BCUT2D eigenvalue weighted by atomic mass is 16.6. The minimum atomic E-state index is -0.652. The van der Waals surface area contributed by atoms with Gasteiger partial charge in [-0.05, 0) is 41.5 Å². The highest BCUT2D eigenvalue weighted by Gasteiger charge is 2.47. The maximum atomic E-state index is 13.9. The van der Waals surface area contributed by atoms with Gasteiger partial charge < -0.3 is 42.5 Å².